The molecular formula is C17H36N2. The van der Waals surface area contributed by atoms with Gasteiger partial charge in [0.15, 0.2) is 0 Å². The van der Waals surface area contributed by atoms with E-state index in [0.717, 1.165) is 18.4 Å². The summed E-state index contributed by atoms with van der Waals surface area (Å²) in [7, 11) is 4.45. The van der Waals surface area contributed by atoms with Crippen LogP contribution in [-0.2, 0) is 0 Å². The summed E-state index contributed by atoms with van der Waals surface area (Å²) in [6, 6.07) is 0.622. The largest absolute Gasteiger partial charge is 0.312 e. The van der Waals surface area contributed by atoms with Crippen molar-refractivity contribution in [1.82, 2.24) is 10.2 Å². The number of hydrogen-bond acceptors (Lipinski definition) is 2. The van der Waals surface area contributed by atoms with E-state index in [-0.39, 0.29) is 5.54 Å². The number of rotatable bonds is 7. The predicted molar refractivity (Wildman–Crippen MR) is 85.6 cm³/mol. The summed E-state index contributed by atoms with van der Waals surface area (Å²) in [5.41, 5.74) is 0.232. The van der Waals surface area contributed by atoms with E-state index in [9.17, 15) is 0 Å². The van der Waals surface area contributed by atoms with Gasteiger partial charge in [0.1, 0.15) is 0 Å². The molecular weight excluding hydrogens is 232 g/mol. The molecule has 3 unspecified atom stereocenters. The average molecular weight is 268 g/mol. The van der Waals surface area contributed by atoms with Crippen molar-refractivity contribution in [2.24, 2.45) is 11.8 Å². The molecule has 1 fully saturated rings. The second kappa shape index (κ2) is 7.64. The third-order valence-electron chi connectivity index (χ3n) is 5.40. The summed E-state index contributed by atoms with van der Waals surface area (Å²) in [5, 5.41) is 3.86. The van der Waals surface area contributed by atoms with Crippen molar-refractivity contribution >= 4 is 0 Å². The minimum atomic E-state index is 0.232. The molecule has 3 atom stereocenters. The topological polar surface area (TPSA) is 15.3 Å². The Kier molecular flexibility index (Phi) is 6.82. The van der Waals surface area contributed by atoms with Crippen molar-refractivity contribution in [2.45, 2.75) is 77.8 Å². The lowest BCUT2D eigenvalue weighted by molar-refractivity contribution is 0.0753. The summed E-state index contributed by atoms with van der Waals surface area (Å²) < 4.78 is 0. The van der Waals surface area contributed by atoms with Gasteiger partial charge in [0, 0.05) is 11.6 Å². The smallest absolute Gasteiger partial charge is 0.0302 e. The average Bonchev–Trinajstić information content (AvgIpc) is 2.39. The minimum absolute atomic E-state index is 0.232. The fraction of sp³-hybridized carbons (Fsp3) is 1.00. The molecule has 1 N–H and O–H groups in total. The Hall–Kier alpha value is -0.0800. The van der Waals surface area contributed by atoms with E-state index in [1.165, 1.54) is 38.5 Å². The first-order valence-electron chi connectivity index (χ1n) is 8.34. The molecule has 0 spiro atoms. The molecule has 0 heterocycles. The second-order valence-electron chi connectivity index (χ2n) is 7.18. The molecule has 0 bridgehead atoms. The highest BCUT2D eigenvalue weighted by atomic mass is 15.2. The van der Waals surface area contributed by atoms with Crippen LogP contribution in [0, 0.1) is 11.8 Å². The molecule has 0 aromatic carbocycles. The number of nitrogens with one attached hydrogen (secondary N) is 1. The van der Waals surface area contributed by atoms with Crippen LogP contribution in [0.15, 0.2) is 0 Å². The zero-order valence-electron chi connectivity index (χ0n) is 14.1. The summed E-state index contributed by atoms with van der Waals surface area (Å²) >= 11 is 0. The third kappa shape index (κ3) is 4.46. The first-order valence-corrected chi connectivity index (χ1v) is 8.34. The molecule has 2 nitrogen and oxygen atoms in total. The first kappa shape index (κ1) is 17.0. The monoisotopic (exact) mass is 268 g/mol. The predicted octanol–water partition coefficient (Wildman–Crippen LogP) is 3.91. The Labute approximate surface area is 121 Å². The lowest BCUT2D eigenvalue weighted by atomic mass is 9.71. The van der Waals surface area contributed by atoms with Crippen molar-refractivity contribution in [3.63, 3.8) is 0 Å². The molecule has 1 saturated carbocycles. The molecule has 0 amide bonds. The van der Waals surface area contributed by atoms with E-state index in [0.29, 0.717) is 6.04 Å². The van der Waals surface area contributed by atoms with E-state index in [4.69, 9.17) is 0 Å². The van der Waals surface area contributed by atoms with Gasteiger partial charge in [0.25, 0.3) is 0 Å². The van der Waals surface area contributed by atoms with Gasteiger partial charge in [-0.05, 0) is 65.6 Å². The molecule has 1 aliphatic carbocycles. The van der Waals surface area contributed by atoms with Gasteiger partial charge < -0.3 is 10.2 Å². The fourth-order valence-corrected chi connectivity index (χ4v) is 3.58. The van der Waals surface area contributed by atoms with E-state index >= 15 is 0 Å². The van der Waals surface area contributed by atoms with E-state index < -0.39 is 0 Å². The van der Waals surface area contributed by atoms with Crippen LogP contribution in [0.3, 0.4) is 0 Å². The Bertz CT molecular complexity index is 248. The number of likely N-dealkylation sites (N-methyl/N-ethyl adjacent to an activating group) is 1. The first-order chi connectivity index (χ1) is 8.93. The number of hydrogen-bond donors (Lipinski definition) is 1. The lowest BCUT2D eigenvalue weighted by Crippen LogP contribution is -2.59. The fourth-order valence-electron chi connectivity index (χ4n) is 3.58. The van der Waals surface area contributed by atoms with Gasteiger partial charge in [-0.1, -0.05) is 33.1 Å². The Morgan fingerprint density at radius 1 is 1.21 bits per heavy atom. The Morgan fingerprint density at radius 2 is 1.89 bits per heavy atom. The van der Waals surface area contributed by atoms with Gasteiger partial charge in [-0.15, -0.1) is 0 Å². The van der Waals surface area contributed by atoms with Gasteiger partial charge in [0.05, 0.1) is 0 Å². The van der Waals surface area contributed by atoms with Crippen LogP contribution in [-0.4, -0.2) is 37.1 Å². The molecule has 0 aromatic heterocycles. The highest BCUT2D eigenvalue weighted by molar-refractivity contribution is 4.97. The Morgan fingerprint density at radius 3 is 2.42 bits per heavy atom. The maximum absolute atomic E-state index is 3.86. The third-order valence-corrected chi connectivity index (χ3v) is 5.40. The van der Waals surface area contributed by atoms with Gasteiger partial charge >= 0.3 is 0 Å². The normalized spacial score (nSPS) is 26.7. The second-order valence-corrected chi connectivity index (χ2v) is 7.18. The molecule has 2 heteroatoms. The molecule has 114 valence electrons. The van der Waals surface area contributed by atoms with Gasteiger partial charge in [-0.2, -0.15) is 0 Å². The zero-order valence-corrected chi connectivity index (χ0v) is 14.1. The van der Waals surface area contributed by atoms with Gasteiger partial charge in [-0.3, -0.25) is 0 Å². The highest BCUT2D eigenvalue weighted by Crippen LogP contribution is 2.36. The maximum atomic E-state index is 3.86. The Balaban J connectivity index is 2.77. The highest BCUT2D eigenvalue weighted by Gasteiger charge is 2.38. The molecule has 0 aromatic rings. The van der Waals surface area contributed by atoms with Crippen LogP contribution in [0.1, 0.15) is 66.2 Å². The molecule has 1 aliphatic rings. The zero-order chi connectivity index (χ0) is 14.5. The number of nitrogens with zero attached hydrogens (tertiary/aromatic N) is 1. The lowest BCUT2D eigenvalue weighted by Gasteiger charge is -2.47. The van der Waals surface area contributed by atoms with Crippen LogP contribution in [0.4, 0.5) is 0 Å². The van der Waals surface area contributed by atoms with E-state index in [2.05, 4.69) is 52.0 Å². The molecule has 0 radical (unpaired) electrons. The van der Waals surface area contributed by atoms with Crippen LogP contribution in [0.2, 0.25) is 0 Å². The van der Waals surface area contributed by atoms with Crippen molar-refractivity contribution in [3.8, 4) is 0 Å². The van der Waals surface area contributed by atoms with E-state index in [1.807, 2.05) is 0 Å². The maximum Gasteiger partial charge on any atom is 0.0302 e. The standard InChI is InChI=1S/C17H36N2/c1-7-12-18-16(17(3,4)19(5)6)15-11-9-10-14(8-2)13-15/h14-16,18H,7-13H2,1-6H3. The van der Waals surface area contributed by atoms with Crippen molar-refractivity contribution in [2.75, 3.05) is 20.6 Å². The summed E-state index contributed by atoms with van der Waals surface area (Å²) in [5.74, 6) is 1.81. The van der Waals surface area contributed by atoms with Crippen LogP contribution >= 0.6 is 0 Å². The van der Waals surface area contributed by atoms with E-state index in [1.54, 1.807) is 0 Å². The molecule has 19 heavy (non-hydrogen) atoms. The van der Waals surface area contributed by atoms with Crippen LogP contribution < -0.4 is 5.32 Å². The quantitative estimate of drug-likeness (QED) is 0.753. The van der Waals surface area contributed by atoms with Crippen LogP contribution in [0.25, 0.3) is 0 Å². The molecule has 1 rings (SSSR count). The molecule has 0 saturated heterocycles. The van der Waals surface area contributed by atoms with Crippen molar-refractivity contribution < 1.29 is 0 Å². The van der Waals surface area contributed by atoms with Gasteiger partial charge in [0.2, 0.25) is 0 Å². The van der Waals surface area contributed by atoms with Crippen molar-refractivity contribution in [1.29, 1.82) is 0 Å². The summed E-state index contributed by atoms with van der Waals surface area (Å²) in [6.45, 7) is 10.6. The minimum Gasteiger partial charge on any atom is -0.312 e. The van der Waals surface area contributed by atoms with Gasteiger partial charge in [-0.25, -0.2) is 0 Å². The molecule has 0 aliphatic heterocycles. The summed E-state index contributed by atoms with van der Waals surface area (Å²) in [6.07, 6.45) is 8.31. The SMILES string of the molecule is CCCNC(C1CCCC(CC)C1)C(C)(C)N(C)C. The summed E-state index contributed by atoms with van der Waals surface area (Å²) in [4.78, 5) is 2.40. The van der Waals surface area contributed by atoms with Crippen LogP contribution in [0.5, 0.6) is 0 Å². The van der Waals surface area contributed by atoms with Crippen molar-refractivity contribution in [3.05, 3.63) is 0 Å².